The average Bonchev–Trinajstić information content (AvgIpc) is 2.48. The molecule has 0 bridgehead atoms. The van der Waals surface area contributed by atoms with Crippen LogP contribution in [0.3, 0.4) is 0 Å². The van der Waals surface area contributed by atoms with E-state index < -0.39 is 0 Å². The van der Waals surface area contributed by atoms with E-state index in [1.54, 1.807) is 18.2 Å². The number of carbonyl (C=O) groups is 2. The van der Waals surface area contributed by atoms with Crippen LogP contribution >= 0.6 is 0 Å². The topological polar surface area (TPSA) is 58.2 Å². The zero-order valence-corrected chi connectivity index (χ0v) is 13.9. The maximum atomic E-state index is 12.4. The Labute approximate surface area is 136 Å². The van der Waals surface area contributed by atoms with Crippen molar-refractivity contribution in [2.75, 3.05) is 10.6 Å². The van der Waals surface area contributed by atoms with Crippen LogP contribution < -0.4 is 10.6 Å². The van der Waals surface area contributed by atoms with Crippen molar-refractivity contribution < 1.29 is 9.59 Å². The number of rotatable bonds is 3. The summed E-state index contributed by atoms with van der Waals surface area (Å²) >= 11 is 0. The molecule has 0 spiro atoms. The number of carbonyl (C=O) groups excluding carboxylic acids is 2. The summed E-state index contributed by atoms with van der Waals surface area (Å²) in [6.07, 6.45) is 0. The van der Waals surface area contributed by atoms with Gasteiger partial charge in [-0.25, -0.2) is 0 Å². The van der Waals surface area contributed by atoms with Gasteiger partial charge in [-0.1, -0.05) is 45.0 Å². The number of hydrogen-bond acceptors (Lipinski definition) is 2. The quantitative estimate of drug-likeness (QED) is 0.893. The van der Waals surface area contributed by atoms with E-state index in [-0.39, 0.29) is 17.2 Å². The van der Waals surface area contributed by atoms with Gasteiger partial charge in [0, 0.05) is 12.5 Å². The molecule has 2 amide bonds. The molecule has 0 unspecified atom stereocenters. The fraction of sp³-hybridized carbons (Fsp3) is 0.263. The second kappa shape index (κ2) is 6.65. The largest absolute Gasteiger partial charge is 0.325 e. The second-order valence-corrected chi connectivity index (χ2v) is 6.51. The van der Waals surface area contributed by atoms with E-state index in [1.807, 2.05) is 30.3 Å². The van der Waals surface area contributed by atoms with Gasteiger partial charge >= 0.3 is 0 Å². The maximum Gasteiger partial charge on any atom is 0.255 e. The summed E-state index contributed by atoms with van der Waals surface area (Å²) in [6.45, 7) is 7.83. The number of nitrogens with one attached hydrogen (secondary N) is 2. The average molecular weight is 310 g/mol. The van der Waals surface area contributed by atoms with Gasteiger partial charge in [-0.3, -0.25) is 9.59 Å². The number of amides is 2. The maximum absolute atomic E-state index is 12.4. The molecule has 0 fully saturated rings. The van der Waals surface area contributed by atoms with E-state index in [0.717, 1.165) is 0 Å². The molecule has 0 heterocycles. The minimum absolute atomic E-state index is 0.0486. The van der Waals surface area contributed by atoms with Crippen LogP contribution in [0.15, 0.2) is 48.5 Å². The van der Waals surface area contributed by atoms with E-state index in [4.69, 9.17) is 0 Å². The summed E-state index contributed by atoms with van der Waals surface area (Å²) in [6, 6.07) is 14.7. The Morgan fingerprint density at radius 1 is 0.826 bits per heavy atom. The molecule has 0 aliphatic rings. The van der Waals surface area contributed by atoms with Gasteiger partial charge in [-0.05, 0) is 35.2 Å². The standard InChI is InChI=1S/C19H22N2O2/c1-13(22)20-16-7-5-6-8-17(16)21-18(23)14-9-11-15(12-10-14)19(2,3)4/h5-12H,1-4H3,(H,20,22)(H,21,23). The van der Waals surface area contributed by atoms with E-state index in [9.17, 15) is 9.59 Å². The zero-order chi connectivity index (χ0) is 17.0. The third-order valence-electron chi connectivity index (χ3n) is 3.50. The molecule has 0 saturated carbocycles. The lowest BCUT2D eigenvalue weighted by atomic mass is 9.87. The molecule has 2 aromatic rings. The van der Waals surface area contributed by atoms with Crippen LogP contribution in [-0.4, -0.2) is 11.8 Å². The summed E-state index contributed by atoms with van der Waals surface area (Å²) in [4.78, 5) is 23.6. The summed E-state index contributed by atoms with van der Waals surface area (Å²) < 4.78 is 0. The van der Waals surface area contributed by atoms with Crippen molar-refractivity contribution >= 4 is 23.2 Å². The third kappa shape index (κ3) is 4.42. The first-order valence-corrected chi connectivity index (χ1v) is 7.56. The molecule has 2 rings (SSSR count). The molecule has 0 atom stereocenters. The molecule has 2 aromatic carbocycles. The number of benzene rings is 2. The molecule has 2 N–H and O–H groups in total. The molecular weight excluding hydrogens is 288 g/mol. The molecule has 23 heavy (non-hydrogen) atoms. The van der Waals surface area contributed by atoms with E-state index in [2.05, 4.69) is 31.4 Å². The van der Waals surface area contributed by atoms with Crippen molar-refractivity contribution in [2.24, 2.45) is 0 Å². The summed E-state index contributed by atoms with van der Waals surface area (Å²) in [5, 5.41) is 5.54. The van der Waals surface area contributed by atoms with Crippen LogP contribution in [0.4, 0.5) is 11.4 Å². The first-order chi connectivity index (χ1) is 10.8. The molecule has 4 heteroatoms. The van der Waals surface area contributed by atoms with E-state index in [1.165, 1.54) is 12.5 Å². The first-order valence-electron chi connectivity index (χ1n) is 7.56. The zero-order valence-electron chi connectivity index (χ0n) is 13.9. The van der Waals surface area contributed by atoms with Crippen LogP contribution in [0.5, 0.6) is 0 Å². The van der Waals surface area contributed by atoms with Crippen molar-refractivity contribution in [1.29, 1.82) is 0 Å². The SMILES string of the molecule is CC(=O)Nc1ccccc1NC(=O)c1ccc(C(C)(C)C)cc1. The van der Waals surface area contributed by atoms with Gasteiger partial charge in [0.1, 0.15) is 0 Å². The van der Waals surface area contributed by atoms with Crippen LogP contribution in [0.2, 0.25) is 0 Å². The molecule has 0 aliphatic carbocycles. The fourth-order valence-electron chi connectivity index (χ4n) is 2.21. The second-order valence-electron chi connectivity index (χ2n) is 6.51. The smallest absolute Gasteiger partial charge is 0.255 e. The van der Waals surface area contributed by atoms with E-state index >= 15 is 0 Å². The lowest BCUT2D eigenvalue weighted by molar-refractivity contribution is -0.114. The molecule has 0 aliphatic heterocycles. The lowest BCUT2D eigenvalue weighted by Gasteiger charge is -2.19. The van der Waals surface area contributed by atoms with Crippen molar-refractivity contribution in [1.82, 2.24) is 0 Å². The number of para-hydroxylation sites is 2. The Morgan fingerprint density at radius 3 is 1.83 bits per heavy atom. The molecule has 0 aromatic heterocycles. The summed E-state index contributed by atoms with van der Waals surface area (Å²) in [7, 11) is 0. The Balaban J connectivity index is 2.18. The fourth-order valence-corrected chi connectivity index (χ4v) is 2.21. The van der Waals surface area contributed by atoms with Crippen molar-refractivity contribution in [3.8, 4) is 0 Å². The predicted molar refractivity (Wildman–Crippen MR) is 93.8 cm³/mol. The number of hydrogen-bond donors (Lipinski definition) is 2. The van der Waals surface area contributed by atoms with Crippen molar-refractivity contribution in [2.45, 2.75) is 33.1 Å². The Kier molecular flexibility index (Phi) is 4.84. The highest BCUT2D eigenvalue weighted by molar-refractivity contribution is 6.07. The van der Waals surface area contributed by atoms with Crippen LogP contribution in [0, 0.1) is 0 Å². The summed E-state index contributed by atoms with van der Waals surface area (Å²) in [5.74, 6) is -0.385. The van der Waals surface area contributed by atoms with Gasteiger partial charge in [-0.2, -0.15) is 0 Å². The normalized spacial score (nSPS) is 11.0. The lowest BCUT2D eigenvalue weighted by Crippen LogP contribution is -2.16. The monoisotopic (exact) mass is 310 g/mol. The summed E-state index contributed by atoms with van der Waals surface area (Å²) in [5.41, 5.74) is 2.96. The highest BCUT2D eigenvalue weighted by Gasteiger charge is 2.15. The van der Waals surface area contributed by atoms with Gasteiger partial charge in [0.2, 0.25) is 5.91 Å². The Hall–Kier alpha value is -2.62. The number of anilines is 2. The van der Waals surface area contributed by atoms with Gasteiger partial charge < -0.3 is 10.6 Å². The van der Waals surface area contributed by atoms with Crippen LogP contribution in [-0.2, 0) is 10.2 Å². The molecule has 120 valence electrons. The minimum Gasteiger partial charge on any atom is -0.325 e. The van der Waals surface area contributed by atoms with Gasteiger partial charge in [0.15, 0.2) is 0 Å². The third-order valence-corrected chi connectivity index (χ3v) is 3.50. The van der Waals surface area contributed by atoms with Crippen LogP contribution in [0.1, 0.15) is 43.6 Å². The van der Waals surface area contributed by atoms with E-state index in [0.29, 0.717) is 16.9 Å². The Morgan fingerprint density at radius 2 is 1.35 bits per heavy atom. The first kappa shape index (κ1) is 16.7. The minimum atomic E-state index is -0.205. The Bertz CT molecular complexity index is 713. The molecule has 0 saturated heterocycles. The molecular formula is C19H22N2O2. The predicted octanol–water partition coefficient (Wildman–Crippen LogP) is 4.19. The van der Waals surface area contributed by atoms with Crippen molar-refractivity contribution in [3.05, 3.63) is 59.7 Å². The van der Waals surface area contributed by atoms with Gasteiger partial charge in [-0.15, -0.1) is 0 Å². The van der Waals surface area contributed by atoms with Gasteiger partial charge in [0.25, 0.3) is 5.91 Å². The molecule has 4 nitrogen and oxygen atoms in total. The van der Waals surface area contributed by atoms with Crippen molar-refractivity contribution in [3.63, 3.8) is 0 Å². The van der Waals surface area contributed by atoms with Gasteiger partial charge in [0.05, 0.1) is 11.4 Å². The molecule has 0 radical (unpaired) electrons. The van der Waals surface area contributed by atoms with Crippen LogP contribution in [0.25, 0.3) is 0 Å². The highest BCUT2D eigenvalue weighted by Crippen LogP contribution is 2.24. The highest BCUT2D eigenvalue weighted by atomic mass is 16.2.